The second-order valence-electron chi connectivity index (χ2n) is 6.15. The molecule has 0 radical (unpaired) electrons. The Morgan fingerprint density at radius 3 is 2.41 bits per heavy atom. The number of carbonyl (C=O) groups excluding carboxylic acids is 2. The molecular formula is C22H17NO4. The number of Topliss-reactive ketones (excluding diaryl/α,β-unsaturated/α-hetero) is 1. The third kappa shape index (κ3) is 3.67. The van der Waals surface area contributed by atoms with Crippen molar-refractivity contribution in [3.05, 3.63) is 89.5 Å². The lowest BCUT2D eigenvalue weighted by Gasteiger charge is -2.11. The van der Waals surface area contributed by atoms with Crippen LogP contribution < -0.4 is 14.8 Å². The Bertz CT molecular complexity index is 998. The second kappa shape index (κ2) is 7.33. The minimum atomic E-state index is -0.210. The van der Waals surface area contributed by atoms with Crippen molar-refractivity contribution in [3.63, 3.8) is 0 Å². The monoisotopic (exact) mass is 359 g/mol. The van der Waals surface area contributed by atoms with Crippen LogP contribution in [0.15, 0.2) is 72.8 Å². The van der Waals surface area contributed by atoms with E-state index in [-0.39, 0.29) is 24.9 Å². The Morgan fingerprint density at radius 2 is 1.56 bits per heavy atom. The molecule has 1 heterocycles. The molecule has 0 saturated heterocycles. The van der Waals surface area contributed by atoms with Crippen molar-refractivity contribution in [1.82, 2.24) is 0 Å². The van der Waals surface area contributed by atoms with Gasteiger partial charge < -0.3 is 14.8 Å². The highest BCUT2D eigenvalue weighted by Crippen LogP contribution is 2.33. The number of hydrogen-bond donors (Lipinski definition) is 1. The second-order valence-corrected chi connectivity index (χ2v) is 6.15. The number of fused-ring (bicyclic) bond motifs is 1. The Kier molecular flexibility index (Phi) is 4.58. The van der Waals surface area contributed by atoms with Gasteiger partial charge >= 0.3 is 0 Å². The van der Waals surface area contributed by atoms with Gasteiger partial charge in [-0.15, -0.1) is 0 Å². The number of ketones is 1. The summed E-state index contributed by atoms with van der Waals surface area (Å²) in [6, 6.07) is 21.4. The largest absolute Gasteiger partial charge is 0.454 e. The summed E-state index contributed by atoms with van der Waals surface area (Å²) in [5, 5.41) is 2.89. The molecule has 0 spiro atoms. The molecule has 3 aromatic carbocycles. The van der Waals surface area contributed by atoms with Crippen molar-refractivity contribution in [3.8, 4) is 11.5 Å². The zero-order chi connectivity index (χ0) is 18.6. The fraction of sp³-hybridized carbons (Fsp3) is 0.0909. The van der Waals surface area contributed by atoms with Crippen LogP contribution in [0.3, 0.4) is 0 Å². The standard InChI is InChI=1S/C22H17NO4/c24-19(17-10-11-20-21(13-17)27-14-26-20)12-16-8-4-5-9-18(16)23-22(25)15-6-2-1-3-7-15/h1-11,13H,12,14H2,(H,23,25). The SMILES string of the molecule is O=C(Cc1ccccc1NC(=O)c1ccccc1)c1ccc2c(c1)OCO2. The molecule has 0 bridgehead atoms. The van der Waals surface area contributed by atoms with E-state index in [0.717, 1.165) is 5.56 Å². The lowest BCUT2D eigenvalue weighted by Crippen LogP contribution is -2.14. The fourth-order valence-electron chi connectivity index (χ4n) is 2.93. The van der Waals surface area contributed by atoms with E-state index >= 15 is 0 Å². The maximum Gasteiger partial charge on any atom is 0.255 e. The molecule has 0 aliphatic carbocycles. The summed E-state index contributed by atoms with van der Waals surface area (Å²) in [6.07, 6.45) is 0.172. The Labute approximate surface area is 156 Å². The molecule has 1 N–H and O–H groups in total. The van der Waals surface area contributed by atoms with E-state index in [1.165, 1.54) is 0 Å². The van der Waals surface area contributed by atoms with Crippen molar-refractivity contribution >= 4 is 17.4 Å². The number of para-hydroxylation sites is 1. The summed E-state index contributed by atoms with van der Waals surface area (Å²) in [6.45, 7) is 0.168. The minimum Gasteiger partial charge on any atom is -0.454 e. The first kappa shape index (κ1) is 16.8. The van der Waals surface area contributed by atoms with Gasteiger partial charge in [-0.2, -0.15) is 0 Å². The highest BCUT2D eigenvalue weighted by atomic mass is 16.7. The van der Waals surface area contributed by atoms with Gasteiger partial charge in [-0.25, -0.2) is 0 Å². The Morgan fingerprint density at radius 1 is 0.815 bits per heavy atom. The van der Waals surface area contributed by atoms with Crippen LogP contribution in [0.25, 0.3) is 0 Å². The first-order valence-electron chi connectivity index (χ1n) is 8.58. The summed E-state index contributed by atoms with van der Waals surface area (Å²) in [5.74, 6) is 0.946. The van der Waals surface area contributed by atoms with Crippen molar-refractivity contribution in [2.45, 2.75) is 6.42 Å². The predicted molar refractivity (Wildman–Crippen MR) is 101 cm³/mol. The summed E-state index contributed by atoms with van der Waals surface area (Å²) in [5.41, 5.74) is 2.49. The molecule has 0 unspecified atom stereocenters. The van der Waals surface area contributed by atoms with E-state index in [2.05, 4.69) is 5.32 Å². The zero-order valence-electron chi connectivity index (χ0n) is 14.5. The molecule has 0 aromatic heterocycles. The molecule has 1 amide bonds. The van der Waals surface area contributed by atoms with Crippen LogP contribution in [0.2, 0.25) is 0 Å². The number of amides is 1. The molecule has 3 aromatic rings. The molecule has 134 valence electrons. The highest BCUT2D eigenvalue weighted by Gasteiger charge is 2.17. The molecule has 0 fully saturated rings. The van der Waals surface area contributed by atoms with E-state index in [1.807, 2.05) is 36.4 Å². The van der Waals surface area contributed by atoms with E-state index in [1.54, 1.807) is 36.4 Å². The van der Waals surface area contributed by atoms with Gasteiger partial charge in [0.15, 0.2) is 17.3 Å². The van der Waals surface area contributed by atoms with E-state index in [9.17, 15) is 9.59 Å². The number of nitrogens with one attached hydrogen (secondary N) is 1. The summed E-state index contributed by atoms with van der Waals surface area (Å²) in [7, 11) is 0. The van der Waals surface area contributed by atoms with Crippen molar-refractivity contribution in [1.29, 1.82) is 0 Å². The minimum absolute atomic E-state index is 0.0605. The van der Waals surface area contributed by atoms with Crippen LogP contribution in [0, 0.1) is 0 Å². The van der Waals surface area contributed by atoms with Crippen molar-refractivity contribution in [2.24, 2.45) is 0 Å². The average molecular weight is 359 g/mol. The molecule has 4 rings (SSSR count). The fourth-order valence-corrected chi connectivity index (χ4v) is 2.93. The van der Waals surface area contributed by atoms with Crippen LogP contribution >= 0.6 is 0 Å². The number of hydrogen-bond acceptors (Lipinski definition) is 4. The topological polar surface area (TPSA) is 64.6 Å². The average Bonchev–Trinajstić information content (AvgIpc) is 3.18. The van der Waals surface area contributed by atoms with Crippen LogP contribution in [0.5, 0.6) is 11.5 Å². The van der Waals surface area contributed by atoms with Crippen LogP contribution in [-0.4, -0.2) is 18.5 Å². The lowest BCUT2D eigenvalue weighted by atomic mass is 10.0. The van der Waals surface area contributed by atoms with E-state index < -0.39 is 0 Å². The van der Waals surface area contributed by atoms with Gasteiger partial charge in [0.2, 0.25) is 6.79 Å². The molecule has 1 aliphatic heterocycles. The normalized spacial score (nSPS) is 11.9. The molecule has 5 nitrogen and oxygen atoms in total. The van der Waals surface area contributed by atoms with Crippen LogP contribution in [0.1, 0.15) is 26.3 Å². The smallest absolute Gasteiger partial charge is 0.255 e. The van der Waals surface area contributed by atoms with Gasteiger partial charge in [-0.3, -0.25) is 9.59 Å². The summed E-state index contributed by atoms with van der Waals surface area (Å²) < 4.78 is 10.6. The number of carbonyl (C=O) groups is 2. The first-order chi connectivity index (χ1) is 13.2. The molecule has 5 heteroatoms. The molecule has 0 saturated carbocycles. The zero-order valence-corrected chi connectivity index (χ0v) is 14.5. The van der Waals surface area contributed by atoms with E-state index in [4.69, 9.17) is 9.47 Å². The lowest BCUT2D eigenvalue weighted by molar-refractivity contribution is 0.0988. The number of benzene rings is 3. The Balaban J connectivity index is 1.53. The third-order valence-corrected chi connectivity index (χ3v) is 4.35. The van der Waals surface area contributed by atoms with Crippen LogP contribution in [-0.2, 0) is 6.42 Å². The summed E-state index contributed by atoms with van der Waals surface area (Å²) >= 11 is 0. The number of anilines is 1. The molecule has 27 heavy (non-hydrogen) atoms. The maximum absolute atomic E-state index is 12.7. The number of ether oxygens (including phenoxy) is 2. The maximum atomic E-state index is 12.7. The highest BCUT2D eigenvalue weighted by molar-refractivity contribution is 6.05. The van der Waals surface area contributed by atoms with Gasteiger partial charge in [-0.1, -0.05) is 36.4 Å². The molecule has 1 aliphatic rings. The van der Waals surface area contributed by atoms with Gasteiger partial charge in [0.1, 0.15) is 0 Å². The van der Waals surface area contributed by atoms with Gasteiger partial charge in [0.05, 0.1) is 0 Å². The van der Waals surface area contributed by atoms with Gasteiger partial charge in [0, 0.05) is 23.2 Å². The quantitative estimate of drug-likeness (QED) is 0.697. The van der Waals surface area contributed by atoms with Gasteiger partial charge in [-0.05, 0) is 42.0 Å². The van der Waals surface area contributed by atoms with Crippen molar-refractivity contribution < 1.29 is 19.1 Å². The van der Waals surface area contributed by atoms with E-state index in [0.29, 0.717) is 28.3 Å². The first-order valence-corrected chi connectivity index (χ1v) is 8.58. The molecular weight excluding hydrogens is 342 g/mol. The third-order valence-electron chi connectivity index (χ3n) is 4.35. The number of rotatable bonds is 5. The Hall–Kier alpha value is -3.60. The van der Waals surface area contributed by atoms with Crippen LogP contribution in [0.4, 0.5) is 5.69 Å². The van der Waals surface area contributed by atoms with Crippen molar-refractivity contribution in [2.75, 3.05) is 12.1 Å². The van der Waals surface area contributed by atoms with Gasteiger partial charge in [0.25, 0.3) is 5.91 Å². The molecule has 0 atom stereocenters. The summed E-state index contributed by atoms with van der Waals surface area (Å²) in [4.78, 5) is 25.1. The predicted octanol–water partition coefficient (Wildman–Crippen LogP) is 4.09.